The van der Waals surface area contributed by atoms with Crippen LogP contribution in [-0.2, 0) is 32.2 Å². The van der Waals surface area contributed by atoms with Gasteiger partial charge in [0.25, 0.3) is 0 Å². The van der Waals surface area contributed by atoms with E-state index in [0.29, 0.717) is 0 Å². The first-order chi connectivity index (χ1) is 16.8. The molecule has 4 nitrogen and oxygen atoms in total. The molecule has 0 radical (unpaired) electrons. The van der Waals surface area contributed by atoms with Crippen molar-refractivity contribution in [3.05, 3.63) is 113 Å². The molecule has 4 heteroatoms. The molecule has 4 bridgehead atoms. The zero-order valence-corrected chi connectivity index (χ0v) is 19.7. The molecule has 1 aromatic heterocycles. The van der Waals surface area contributed by atoms with Crippen LogP contribution in [0.3, 0.4) is 0 Å². The van der Waals surface area contributed by atoms with E-state index in [2.05, 4.69) is 99.7 Å². The van der Waals surface area contributed by atoms with Gasteiger partial charge in [-0.3, -0.25) is 4.90 Å². The third-order valence-electron chi connectivity index (χ3n) is 7.34. The Morgan fingerprint density at radius 2 is 1.35 bits per heavy atom. The molecule has 4 aromatic rings. The Morgan fingerprint density at radius 3 is 2.12 bits per heavy atom. The predicted octanol–water partition coefficient (Wildman–Crippen LogP) is 5.08. The summed E-state index contributed by atoms with van der Waals surface area (Å²) in [7, 11) is 0. The van der Waals surface area contributed by atoms with Crippen LogP contribution in [0.5, 0.6) is 0 Å². The molecule has 34 heavy (non-hydrogen) atoms. The normalized spacial score (nSPS) is 16.4. The number of benzene rings is 3. The van der Waals surface area contributed by atoms with Crippen LogP contribution in [0.25, 0.3) is 5.69 Å². The lowest BCUT2D eigenvalue weighted by Gasteiger charge is -2.35. The minimum atomic E-state index is 0.962. The molecule has 1 saturated heterocycles. The molecule has 0 spiro atoms. The summed E-state index contributed by atoms with van der Waals surface area (Å²) in [5, 5.41) is 4.81. The van der Waals surface area contributed by atoms with Crippen molar-refractivity contribution in [2.24, 2.45) is 0 Å². The highest BCUT2D eigenvalue weighted by Crippen LogP contribution is 2.23. The maximum atomic E-state index is 4.81. The van der Waals surface area contributed by atoms with Crippen molar-refractivity contribution in [1.29, 1.82) is 0 Å². The fraction of sp³-hybridized carbons (Fsp3) is 0.300. The minimum absolute atomic E-state index is 0.962. The van der Waals surface area contributed by atoms with Gasteiger partial charge in [-0.05, 0) is 66.1 Å². The van der Waals surface area contributed by atoms with E-state index >= 15 is 0 Å². The van der Waals surface area contributed by atoms with Gasteiger partial charge < -0.3 is 4.90 Å². The lowest BCUT2D eigenvalue weighted by molar-refractivity contribution is 0.250. The summed E-state index contributed by atoms with van der Waals surface area (Å²) in [6, 6.07) is 26.9. The van der Waals surface area contributed by atoms with Crippen molar-refractivity contribution in [3.63, 3.8) is 0 Å². The second-order valence-corrected chi connectivity index (χ2v) is 9.67. The first kappa shape index (κ1) is 21.2. The van der Waals surface area contributed by atoms with Crippen LogP contribution in [0.15, 0.2) is 85.2 Å². The summed E-state index contributed by atoms with van der Waals surface area (Å²) >= 11 is 0. The topological polar surface area (TPSA) is 24.3 Å². The van der Waals surface area contributed by atoms with Crippen molar-refractivity contribution in [1.82, 2.24) is 14.7 Å². The second-order valence-electron chi connectivity index (χ2n) is 9.67. The Bertz CT molecular complexity index is 1230. The Morgan fingerprint density at radius 1 is 0.676 bits per heavy atom. The van der Waals surface area contributed by atoms with E-state index in [-0.39, 0.29) is 0 Å². The molecule has 0 amide bonds. The van der Waals surface area contributed by atoms with Gasteiger partial charge in [0.15, 0.2) is 0 Å². The van der Waals surface area contributed by atoms with Gasteiger partial charge in [-0.2, -0.15) is 5.10 Å². The van der Waals surface area contributed by atoms with E-state index < -0.39 is 0 Å². The van der Waals surface area contributed by atoms with Crippen molar-refractivity contribution < 1.29 is 0 Å². The number of anilines is 1. The Balaban J connectivity index is 1.16. The van der Waals surface area contributed by atoms with Crippen molar-refractivity contribution in [2.45, 2.75) is 32.2 Å². The van der Waals surface area contributed by atoms with Crippen molar-refractivity contribution in [3.8, 4) is 5.69 Å². The molecule has 4 aliphatic carbocycles. The van der Waals surface area contributed by atoms with Crippen LogP contribution in [-0.4, -0.2) is 40.9 Å². The SMILES string of the molecule is c1ccc(N2CCN(Cc3cnn(-c4cc5ccc4CCc4ccc(cc4)CC5)c3)CC2)cc1. The highest BCUT2D eigenvalue weighted by molar-refractivity contribution is 5.47. The van der Waals surface area contributed by atoms with E-state index in [9.17, 15) is 0 Å². The molecule has 0 saturated carbocycles. The third kappa shape index (κ3) is 4.64. The van der Waals surface area contributed by atoms with Crippen molar-refractivity contribution in [2.75, 3.05) is 31.1 Å². The highest BCUT2D eigenvalue weighted by Gasteiger charge is 2.18. The maximum Gasteiger partial charge on any atom is 0.0680 e. The quantitative estimate of drug-likeness (QED) is 0.435. The molecule has 1 aliphatic heterocycles. The summed E-state index contributed by atoms with van der Waals surface area (Å²) in [5.74, 6) is 0. The highest BCUT2D eigenvalue weighted by atomic mass is 15.3. The second kappa shape index (κ2) is 9.47. The molecule has 9 rings (SSSR count). The van der Waals surface area contributed by atoms with E-state index in [0.717, 1.165) is 58.4 Å². The summed E-state index contributed by atoms with van der Waals surface area (Å²) in [6.07, 6.45) is 8.54. The zero-order valence-electron chi connectivity index (χ0n) is 19.7. The summed E-state index contributed by atoms with van der Waals surface area (Å²) in [4.78, 5) is 5.03. The third-order valence-corrected chi connectivity index (χ3v) is 7.34. The first-order valence-corrected chi connectivity index (χ1v) is 12.6. The van der Waals surface area contributed by atoms with E-state index in [1.165, 1.54) is 39.2 Å². The average molecular weight is 449 g/mol. The van der Waals surface area contributed by atoms with E-state index in [4.69, 9.17) is 5.10 Å². The van der Waals surface area contributed by atoms with Gasteiger partial charge in [-0.25, -0.2) is 4.68 Å². The van der Waals surface area contributed by atoms with Crippen LogP contribution < -0.4 is 4.90 Å². The number of rotatable bonds is 4. The Hall–Kier alpha value is -3.37. The van der Waals surface area contributed by atoms with Crippen LogP contribution >= 0.6 is 0 Å². The molecule has 5 aliphatic rings. The van der Waals surface area contributed by atoms with Gasteiger partial charge in [0.1, 0.15) is 0 Å². The molecule has 3 aromatic carbocycles. The smallest absolute Gasteiger partial charge is 0.0680 e. The number of piperazine rings is 1. The number of hydrogen-bond donors (Lipinski definition) is 0. The molecule has 2 heterocycles. The van der Waals surface area contributed by atoms with Crippen molar-refractivity contribution >= 4 is 5.69 Å². The largest absolute Gasteiger partial charge is 0.369 e. The monoisotopic (exact) mass is 448 g/mol. The lowest BCUT2D eigenvalue weighted by atomic mass is 9.95. The molecule has 0 unspecified atom stereocenters. The van der Waals surface area contributed by atoms with E-state index in [1.54, 1.807) is 0 Å². The zero-order chi connectivity index (χ0) is 22.7. The number of aryl methyl sites for hydroxylation is 4. The minimum Gasteiger partial charge on any atom is -0.369 e. The van der Waals surface area contributed by atoms with Gasteiger partial charge in [0.05, 0.1) is 11.9 Å². The number of para-hydroxylation sites is 1. The van der Waals surface area contributed by atoms with E-state index in [1.807, 2.05) is 0 Å². The number of aromatic nitrogens is 2. The Labute approximate surface area is 202 Å². The molecular formula is C30H32N4. The average Bonchev–Trinajstić information content (AvgIpc) is 3.35. The molecule has 1 fully saturated rings. The van der Waals surface area contributed by atoms with Crippen LogP contribution in [0, 0.1) is 0 Å². The number of nitrogens with zero attached hydrogens (tertiary/aromatic N) is 4. The molecular weight excluding hydrogens is 416 g/mol. The fourth-order valence-electron chi connectivity index (χ4n) is 5.26. The van der Waals surface area contributed by atoms with Gasteiger partial charge in [-0.1, -0.05) is 54.6 Å². The van der Waals surface area contributed by atoms with Gasteiger partial charge in [0, 0.05) is 50.2 Å². The predicted molar refractivity (Wildman–Crippen MR) is 139 cm³/mol. The van der Waals surface area contributed by atoms with Gasteiger partial charge >= 0.3 is 0 Å². The van der Waals surface area contributed by atoms with Crippen LogP contribution in [0.2, 0.25) is 0 Å². The Kier molecular flexibility index (Phi) is 5.90. The maximum absolute atomic E-state index is 4.81. The fourth-order valence-corrected chi connectivity index (χ4v) is 5.26. The molecule has 172 valence electrons. The summed E-state index contributed by atoms with van der Waals surface area (Å²) in [6.45, 7) is 5.28. The molecule has 0 N–H and O–H groups in total. The van der Waals surface area contributed by atoms with Gasteiger partial charge in [-0.15, -0.1) is 0 Å². The lowest BCUT2D eigenvalue weighted by Crippen LogP contribution is -2.45. The standard InChI is InChI=1S/C30H32N4/c1-2-4-29(5-3-1)33-18-16-32(17-19-33)22-27-21-31-34(23-27)30-20-26-11-10-24-6-8-25(9-7-24)12-14-28(30)15-13-26/h1-9,13,15,20-21,23H,10-12,14,16-19,22H2. The molecule has 0 atom stereocenters. The van der Waals surface area contributed by atoms with Crippen LogP contribution in [0.4, 0.5) is 5.69 Å². The summed E-state index contributed by atoms with van der Waals surface area (Å²) in [5.41, 5.74) is 9.46. The summed E-state index contributed by atoms with van der Waals surface area (Å²) < 4.78 is 2.11. The van der Waals surface area contributed by atoms with Crippen LogP contribution in [0.1, 0.15) is 27.8 Å². The van der Waals surface area contributed by atoms with Gasteiger partial charge in [0.2, 0.25) is 0 Å². The number of hydrogen-bond acceptors (Lipinski definition) is 3. The first-order valence-electron chi connectivity index (χ1n) is 12.6.